The van der Waals surface area contributed by atoms with Crippen LogP contribution in [-0.2, 0) is 21.7 Å². The molecule has 0 fully saturated rings. The van der Waals surface area contributed by atoms with Crippen LogP contribution in [0.15, 0.2) is 142 Å². The van der Waals surface area contributed by atoms with Gasteiger partial charge in [-0.05, 0) is 127 Å². The number of furan rings is 2. The SMILES string of the molecule is CC(C)(C)c1ccc(N2B3c4cc5c(cc4-n4c6cc7c(cc6c6c8c(oc9ccccc98)c(c3c64)-c3cc4c(cc32)C(C)(C)c2ccccc2-4)C(C)(C)CCC7(C)C)oc2ccccc25)cc1. The minimum Gasteiger partial charge on any atom is -0.456 e. The lowest BCUT2D eigenvalue weighted by atomic mass is 9.43. The molecule has 8 aromatic carbocycles. The summed E-state index contributed by atoms with van der Waals surface area (Å²) < 4.78 is 16.9. The Labute approximate surface area is 397 Å². The lowest BCUT2D eigenvalue weighted by Crippen LogP contribution is -2.60. The van der Waals surface area contributed by atoms with Gasteiger partial charge in [0.05, 0.1) is 11.0 Å². The van der Waals surface area contributed by atoms with Crippen LogP contribution in [0.5, 0.6) is 0 Å². The molecule has 0 N–H and O–H groups in total. The summed E-state index contributed by atoms with van der Waals surface area (Å²) in [4.78, 5) is 2.70. The Balaban J connectivity index is 1.20. The molecular weight excluding hydrogens is 828 g/mol. The van der Waals surface area contributed by atoms with Gasteiger partial charge in [-0.15, -0.1) is 0 Å². The van der Waals surface area contributed by atoms with Gasteiger partial charge in [0.1, 0.15) is 22.3 Å². The summed E-state index contributed by atoms with van der Waals surface area (Å²) in [7, 11) is 0. The van der Waals surface area contributed by atoms with Crippen molar-refractivity contribution in [2.45, 2.75) is 96.8 Å². The molecule has 2 aliphatic heterocycles. The molecular formula is C63H53BN2O2. The van der Waals surface area contributed by atoms with E-state index in [1.54, 1.807) is 0 Å². The molecule has 15 rings (SSSR count). The first kappa shape index (κ1) is 39.1. The number of benzene rings is 8. The van der Waals surface area contributed by atoms with Crippen LogP contribution in [0.3, 0.4) is 0 Å². The van der Waals surface area contributed by atoms with Gasteiger partial charge in [-0.2, -0.15) is 0 Å². The summed E-state index contributed by atoms with van der Waals surface area (Å²) >= 11 is 0. The first-order valence-corrected chi connectivity index (χ1v) is 24.7. The van der Waals surface area contributed by atoms with Gasteiger partial charge in [0, 0.05) is 72.0 Å². The Morgan fingerprint density at radius 1 is 0.529 bits per heavy atom. The van der Waals surface area contributed by atoms with Crippen LogP contribution in [-0.4, -0.2) is 11.4 Å². The van der Waals surface area contributed by atoms with Gasteiger partial charge in [-0.3, -0.25) is 0 Å². The van der Waals surface area contributed by atoms with Crippen molar-refractivity contribution < 1.29 is 8.83 Å². The van der Waals surface area contributed by atoms with Crippen LogP contribution < -0.4 is 15.7 Å². The molecule has 5 heteroatoms. The van der Waals surface area contributed by atoms with Crippen molar-refractivity contribution in [2.75, 3.05) is 4.81 Å². The van der Waals surface area contributed by atoms with Crippen LogP contribution in [0.2, 0.25) is 0 Å². The Morgan fingerprint density at radius 3 is 1.96 bits per heavy atom. The zero-order chi connectivity index (χ0) is 46.1. The summed E-state index contributed by atoms with van der Waals surface area (Å²) in [6.45, 7) is 21.4. The van der Waals surface area contributed by atoms with E-state index in [9.17, 15) is 0 Å². The number of nitrogens with zero attached hydrogens (tertiary/aromatic N) is 2. The van der Waals surface area contributed by atoms with E-state index in [4.69, 9.17) is 8.83 Å². The van der Waals surface area contributed by atoms with Crippen molar-refractivity contribution in [3.63, 3.8) is 0 Å². The molecule has 3 aromatic heterocycles. The molecule has 4 aliphatic rings. The summed E-state index contributed by atoms with van der Waals surface area (Å²) in [5.41, 5.74) is 24.2. The maximum atomic E-state index is 7.42. The summed E-state index contributed by atoms with van der Waals surface area (Å²) in [5.74, 6) is 0. The topological polar surface area (TPSA) is 34.5 Å². The highest BCUT2D eigenvalue weighted by molar-refractivity contribution is 6.94. The fourth-order valence-corrected chi connectivity index (χ4v) is 13.6. The third-order valence-corrected chi connectivity index (χ3v) is 17.4. The van der Waals surface area contributed by atoms with E-state index >= 15 is 0 Å². The fourth-order valence-electron chi connectivity index (χ4n) is 13.6. The monoisotopic (exact) mass is 880 g/mol. The third-order valence-electron chi connectivity index (χ3n) is 17.4. The smallest absolute Gasteiger partial charge is 0.333 e. The molecule has 11 aromatic rings. The normalized spacial score (nSPS) is 17.1. The number of fused-ring (bicyclic) bond motifs is 20. The molecule has 0 atom stereocenters. The molecule has 4 nitrogen and oxygen atoms in total. The van der Waals surface area contributed by atoms with Crippen molar-refractivity contribution in [3.05, 3.63) is 161 Å². The molecule has 0 amide bonds. The second kappa shape index (κ2) is 12.4. The highest BCUT2D eigenvalue weighted by Crippen LogP contribution is 2.57. The van der Waals surface area contributed by atoms with Crippen LogP contribution in [0.4, 0.5) is 11.4 Å². The Kier molecular flexibility index (Phi) is 7.11. The molecule has 0 bridgehead atoms. The standard InChI is InChI=1S/C63H53BN2O2/c1-60(2,3)34-22-24-35(25-23-34)66-49-31-44-39(36-16-10-13-19-43(36)63(44,8)9)28-41(49)56-57-58-54(55-38-18-12-15-21-52(38)68-59(55)56)42-29-45-46(62(6,7)27-26-61(45,4)5)32-48(42)65(58)50-33-53-40(30-47(50)64(57)66)37-17-11-14-20-51(37)67-53/h10-25,28-33H,26-27H2,1-9H3. The predicted octanol–water partition coefficient (Wildman–Crippen LogP) is 15.8. The number of anilines is 2. The van der Waals surface area contributed by atoms with E-state index in [1.807, 2.05) is 0 Å². The average Bonchev–Trinajstić information content (AvgIpc) is 4.05. The van der Waals surface area contributed by atoms with E-state index in [1.165, 1.54) is 105 Å². The summed E-state index contributed by atoms with van der Waals surface area (Å²) in [6, 6.07) is 51.0. The maximum absolute atomic E-state index is 7.42. The van der Waals surface area contributed by atoms with Gasteiger partial charge in [0.25, 0.3) is 0 Å². The Bertz CT molecular complexity index is 4110. The fraction of sp³-hybridized carbons (Fsp3) is 0.238. The predicted molar refractivity (Wildman–Crippen MR) is 286 cm³/mol. The lowest BCUT2D eigenvalue weighted by molar-refractivity contribution is 0.332. The van der Waals surface area contributed by atoms with Gasteiger partial charge in [0.15, 0.2) is 0 Å². The van der Waals surface area contributed by atoms with Crippen LogP contribution in [0, 0.1) is 0 Å². The largest absolute Gasteiger partial charge is 0.456 e. The van der Waals surface area contributed by atoms with Crippen molar-refractivity contribution >= 4 is 94.8 Å². The van der Waals surface area contributed by atoms with Gasteiger partial charge in [-0.25, -0.2) is 0 Å². The van der Waals surface area contributed by atoms with Crippen LogP contribution in [0.25, 0.3) is 93.6 Å². The van der Waals surface area contributed by atoms with E-state index in [0.29, 0.717) is 0 Å². The molecule has 0 saturated heterocycles. The number of aromatic nitrogens is 1. The Hall–Kier alpha value is -6.98. The molecule has 5 heterocycles. The molecule has 2 aliphatic carbocycles. The molecule has 330 valence electrons. The second-order valence-electron chi connectivity index (χ2n) is 23.5. The molecule has 0 radical (unpaired) electrons. The van der Waals surface area contributed by atoms with Gasteiger partial charge >= 0.3 is 6.85 Å². The molecule has 68 heavy (non-hydrogen) atoms. The molecule has 0 unspecified atom stereocenters. The summed E-state index contributed by atoms with van der Waals surface area (Å²) in [5, 5.41) is 7.21. The van der Waals surface area contributed by atoms with Gasteiger partial charge in [-0.1, -0.05) is 141 Å². The number of para-hydroxylation sites is 2. The Morgan fingerprint density at radius 2 is 1.21 bits per heavy atom. The van der Waals surface area contributed by atoms with Crippen molar-refractivity contribution in [1.29, 1.82) is 0 Å². The van der Waals surface area contributed by atoms with Crippen LogP contribution in [0.1, 0.15) is 103 Å². The lowest BCUT2D eigenvalue weighted by Gasteiger charge is -2.43. The zero-order valence-corrected chi connectivity index (χ0v) is 40.4. The van der Waals surface area contributed by atoms with E-state index in [-0.39, 0.29) is 28.5 Å². The van der Waals surface area contributed by atoms with E-state index in [0.717, 1.165) is 51.3 Å². The zero-order valence-electron chi connectivity index (χ0n) is 40.4. The van der Waals surface area contributed by atoms with Crippen LogP contribution >= 0.6 is 0 Å². The quantitative estimate of drug-likeness (QED) is 0.154. The maximum Gasteiger partial charge on any atom is 0.333 e. The minimum absolute atomic E-state index is 0.00916. The van der Waals surface area contributed by atoms with Crippen molar-refractivity contribution in [1.82, 2.24) is 4.57 Å². The number of rotatable bonds is 1. The third kappa shape index (κ3) is 4.73. The highest BCUT2D eigenvalue weighted by atomic mass is 16.3. The van der Waals surface area contributed by atoms with Gasteiger partial charge < -0.3 is 18.2 Å². The average molecular weight is 881 g/mol. The van der Waals surface area contributed by atoms with Crippen molar-refractivity contribution in [2.24, 2.45) is 0 Å². The minimum atomic E-state index is -0.199. The number of hydrogen-bond donors (Lipinski definition) is 0. The second-order valence-corrected chi connectivity index (χ2v) is 23.5. The van der Waals surface area contributed by atoms with E-state index in [2.05, 4.69) is 205 Å². The summed E-state index contributed by atoms with van der Waals surface area (Å²) in [6.07, 6.45) is 2.29. The molecule has 0 spiro atoms. The first-order chi connectivity index (χ1) is 32.6. The first-order valence-electron chi connectivity index (χ1n) is 24.7. The van der Waals surface area contributed by atoms with Crippen molar-refractivity contribution in [3.8, 4) is 27.9 Å². The molecule has 0 saturated carbocycles. The van der Waals surface area contributed by atoms with E-state index < -0.39 is 0 Å². The highest BCUT2D eigenvalue weighted by Gasteiger charge is 2.49. The number of hydrogen-bond acceptors (Lipinski definition) is 3. The van der Waals surface area contributed by atoms with Gasteiger partial charge in [0.2, 0.25) is 0 Å².